The van der Waals surface area contributed by atoms with Gasteiger partial charge in [0.15, 0.2) is 0 Å². The molecule has 0 aliphatic heterocycles. The van der Waals surface area contributed by atoms with Crippen LogP contribution in [0.15, 0.2) is 27.8 Å². The first kappa shape index (κ1) is 12.9. The molecule has 3 rings (SSSR count). The molecule has 1 fully saturated rings. The van der Waals surface area contributed by atoms with Gasteiger partial charge in [0, 0.05) is 11.7 Å². The molecule has 6 nitrogen and oxygen atoms in total. The first-order chi connectivity index (χ1) is 9.70. The molecule has 0 saturated heterocycles. The van der Waals surface area contributed by atoms with Crippen molar-refractivity contribution in [3.8, 4) is 0 Å². The van der Waals surface area contributed by atoms with E-state index in [1.54, 1.807) is 12.1 Å². The molecule has 0 spiro atoms. The van der Waals surface area contributed by atoms with Crippen LogP contribution >= 0.6 is 0 Å². The van der Waals surface area contributed by atoms with E-state index in [2.05, 4.69) is 15.5 Å². The molecular weight excluding hydrogens is 256 g/mol. The number of anilines is 1. The zero-order valence-electron chi connectivity index (χ0n) is 11.1. The molecular formula is C14H18N4O2. The number of hydrogen-bond donors (Lipinski definition) is 4. The van der Waals surface area contributed by atoms with Crippen molar-refractivity contribution < 1.29 is 0 Å². The number of rotatable bonds is 3. The molecule has 6 heteroatoms. The Bertz CT molecular complexity index is 734. The van der Waals surface area contributed by atoms with Crippen LogP contribution in [-0.2, 0) is 0 Å². The highest BCUT2D eigenvalue weighted by molar-refractivity contribution is 5.92. The summed E-state index contributed by atoms with van der Waals surface area (Å²) >= 11 is 0. The number of aromatic amines is 2. The minimum absolute atomic E-state index is 0.268. The highest BCUT2D eigenvalue weighted by Crippen LogP contribution is 2.29. The Morgan fingerprint density at radius 2 is 2.00 bits per heavy atom. The summed E-state index contributed by atoms with van der Waals surface area (Å²) in [5.41, 5.74) is 5.92. The van der Waals surface area contributed by atoms with E-state index in [-0.39, 0.29) is 17.2 Å². The fourth-order valence-electron chi connectivity index (χ4n) is 3.06. The van der Waals surface area contributed by atoms with Crippen LogP contribution in [0.4, 0.5) is 5.69 Å². The minimum atomic E-state index is -0.287. The summed E-state index contributed by atoms with van der Waals surface area (Å²) in [6.07, 6.45) is 3.29. The highest BCUT2D eigenvalue weighted by Gasteiger charge is 2.26. The van der Waals surface area contributed by atoms with Crippen LogP contribution in [0.5, 0.6) is 0 Å². The Hall–Kier alpha value is -2.08. The molecule has 2 unspecified atom stereocenters. The molecule has 1 aliphatic rings. The van der Waals surface area contributed by atoms with Gasteiger partial charge in [-0.15, -0.1) is 0 Å². The summed E-state index contributed by atoms with van der Waals surface area (Å²) in [5.74, 6) is 0.423. The largest absolute Gasteiger partial charge is 0.381 e. The second-order valence-electron chi connectivity index (χ2n) is 5.31. The zero-order chi connectivity index (χ0) is 14.1. The van der Waals surface area contributed by atoms with E-state index in [1.165, 1.54) is 0 Å². The standard InChI is InChI=1S/C14H18N4O2/c15-7-8-3-1-5-10(8)16-11-6-2-4-9-12(11)14(20)18-17-13(9)19/h2,4,6,8,10,16H,1,3,5,7,15H2,(H,17,19)(H,18,20). The van der Waals surface area contributed by atoms with Gasteiger partial charge < -0.3 is 11.1 Å². The summed E-state index contributed by atoms with van der Waals surface area (Å²) in [6, 6.07) is 5.54. The van der Waals surface area contributed by atoms with Gasteiger partial charge >= 0.3 is 0 Å². The van der Waals surface area contributed by atoms with Crippen molar-refractivity contribution in [2.24, 2.45) is 11.7 Å². The molecule has 2 aromatic rings. The summed E-state index contributed by atoms with van der Waals surface area (Å²) in [6.45, 7) is 0.638. The third kappa shape index (κ3) is 2.12. The fourth-order valence-corrected chi connectivity index (χ4v) is 3.06. The van der Waals surface area contributed by atoms with Crippen molar-refractivity contribution in [3.63, 3.8) is 0 Å². The van der Waals surface area contributed by atoms with E-state index < -0.39 is 0 Å². The van der Waals surface area contributed by atoms with Crippen LogP contribution in [0, 0.1) is 5.92 Å². The van der Waals surface area contributed by atoms with Crippen LogP contribution < -0.4 is 22.2 Å². The molecule has 5 N–H and O–H groups in total. The van der Waals surface area contributed by atoms with Gasteiger partial charge in [-0.1, -0.05) is 12.5 Å². The van der Waals surface area contributed by atoms with Crippen LogP contribution in [0.3, 0.4) is 0 Å². The quantitative estimate of drug-likeness (QED) is 0.663. The van der Waals surface area contributed by atoms with Crippen LogP contribution in [0.1, 0.15) is 19.3 Å². The average molecular weight is 274 g/mol. The zero-order valence-corrected chi connectivity index (χ0v) is 11.1. The van der Waals surface area contributed by atoms with Gasteiger partial charge in [0.05, 0.1) is 10.8 Å². The molecule has 1 saturated carbocycles. The molecule has 20 heavy (non-hydrogen) atoms. The second kappa shape index (κ2) is 5.13. The molecule has 2 atom stereocenters. The second-order valence-corrected chi connectivity index (χ2v) is 5.31. The van der Waals surface area contributed by atoms with Gasteiger partial charge in [-0.25, -0.2) is 0 Å². The van der Waals surface area contributed by atoms with Gasteiger partial charge in [-0.2, -0.15) is 0 Å². The van der Waals surface area contributed by atoms with Crippen molar-refractivity contribution >= 4 is 16.5 Å². The number of aromatic nitrogens is 2. The molecule has 1 aliphatic carbocycles. The molecule has 0 bridgehead atoms. The number of hydrogen-bond acceptors (Lipinski definition) is 4. The van der Waals surface area contributed by atoms with E-state index in [0.717, 1.165) is 19.3 Å². The Morgan fingerprint density at radius 1 is 1.20 bits per heavy atom. The lowest BCUT2D eigenvalue weighted by atomic mass is 10.0. The number of benzene rings is 1. The molecule has 1 aromatic carbocycles. The normalized spacial score (nSPS) is 22.2. The molecule has 1 aromatic heterocycles. The topological polar surface area (TPSA) is 104 Å². The predicted molar refractivity (Wildman–Crippen MR) is 79.0 cm³/mol. The fraction of sp³-hybridized carbons (Fsp3) is 0.429. The van der Waals surface area contributed by atoms with Crippen LogP contribution in [0.2, 0.25) is 0 Å². The monoisotopic (exact) mass is 274 g/mol. The molecule has 1 heterocycles. The van der Waals surface area contributed by atoms with Crippen molar-refractivity contribution in [3.05, 3.63) is 38.9 Å². The maximum atomic E-state index is 12.0. The smallest absolute Gasteiger partial charge is 0.272 e. The first-order valence-electron chi connectivity index (χ1n) is 6.91. The molecule has 0 radical (unpaired) electrons. The lowest BCUT2D eigenvalue weighted by Crippen LogP contribution is -2.30. The third-order valence-electron chi connectivity index (χ3n) is 4.13. The van der Waals surface area contributed by atoms with E-state index in [9.17, 15) is 9.59 Å². The van der Waals surface area contributed by atoms with E-state index in [1.807, 2.05) is 6.07 Å². The van der Waals surface area contributed by atoms with Gasteiger partial charge in [0.25, 0.3) is 11.1 Å². The van der Waals surface area contributed by atoms with E-state index in [0.29, 0.717) is 28.9 Å². The molecule has 0 amide bonds. The lowest BCUT2D eigenvalue weighted by Gasteiger charge is -2.21. The Morgan fingerprint density at radius 3 is 2.80 bits per heavy atom. The Labute approximate surface area is 115 Å². The minimum Gasteiger partial charge on any atom is -0.381 e. The summed E-state index contributed by atoms with van der Waals surface area (Å²) in [4.78, 5) is 23.8. The SMILES string of the molecule is NCC1CCCC1Nc1cccc2c(=O)[nH][nH]c(=O)c12. The van der Waals surface area contributed by atoms with Gasteiger partial charge in [-0.3, -0.25) is 19.8 Å². The maximum absolute atomic E-state index is 12.0. The van der Waals surface area contributed by atoms with Gasteiger partial charge in [0.1, 0.15) is 0 Å². The summed E-state index contributed by atoms with van der Waals surface area (Å²) in [5, 5.41) is 8.94. The first-order valence-corrected chi connectivity index (χ1v) is 6.91. The number of H-pyrrole nitrogens is 2. The summed E-state index contributed by atoms with van der Waals surface area (Å²) in [7, 11) is 0. The Kier molecular flexibility index (Phi) is 3.31. The molecule has 106 valence electrons. The van der Waals surface area contributed by atoms with E-state index >= 15 is 0 Å². The number of nitrogens with one attached hydrogen (secondary N) is 3. The lowest BCUT2D eigenvalue weighted by molar-refractivity contribution is 0.517. The van der Waals surface area contributed by atoms with Crippen molar-refractivity contribution in [2.75, 3.05) is 11.9 Å². The highest BCUT2D eigenvalue weighted by atomic mass is 16.1. The van der Waals surface area contributed by atoms with Gasteiger partial charge in [0.2, 0.25) is 0 Å². The van der Waals surface area contributed by atoms with Crippen molar-refractivity contribution in [2.45, 2.75) is 25.3 Å². The van der Waals surface area contributed by atoms with Crippen molar-refractivity contribution in [1.82, 2.24) is 10.2 Å². The number of fused-ring (bicyclic) bond motifs is 1. The van der Waals surface area contributed by atoms with Crippen LogP contribution in [-0.4, -0.2) is 22.8 Å². The third-order valence-corrected chi connectivity index (χ3v) is 4.13. The predicted octanol–water partition coefficient (Wildman–Crippen LogP) is 0.756. The summed E-state index contributed by atoms with van der Waals surface area (Å²) < 4.78 is 0. The van der Waals surface area contributed by atoms with Gasteiger partial charge in [-0.05, 0) is 37.4 Å². The average Bonchev–Trinajstić information content (AvgIpc) is 2.90. The van der Waals surface area contributed by atoms with Crippen molar-refractivity contribution in [1.29, 1.82) is 0 Å². The number of nitrogens with two attached hydrogens (primary N) is 1. The van der Waals surface area contributed by atoms with Crippen LogP contribution in [0.25, 0.3) is 10.8 Å². The maximum Gasteiger partial charge on any atom is 0.272 e. The van der Waals surface area contributed by atoms with E-state index in [4.69, 9.17) is 5.73 Å². The Balaban J connectivity index is 2.06.